The Morgan fingerprint density at radius 1 is 1.20 bits per heavy atom. The number of hydrogen-bond acceptors (Lipinski definition) is 6. The van der Waals surface area contributed by atoms with Crippen molar-refractivity contribution >= 4 is 11.7 Å². The topological polar surface area (TPSA) is 91.4 Å². The SMILES string of the molecule is CCOC(=O)c1nnc2n(C34CC5CC(CC(C5)C3)C4)cnn2c1=O. The van der Waals surface area contributed by atoms with Crippen LogP contribution >= 0.6 is 0 Å². The number of fused-ring (bicyclic) bond motifs is 1. The van der Waals surface area contributed by atoms with Crippen molar-refractivity contribution in [2.75, 3.05) is 6.61 Å². The molecule has 6 rings (SSSR count). The number of rotatable bonds is 3. The summed E-state index contributed by atoms with van der Waals surface area (Å²) < 4.78 is 8.12. The zero-order valence-electron chi connectivity index (χ0n) is 14.2. The van der Waals surface area contributed by atoms with Gasteiger partial charge in [0.05, 0.1) is 6.61 Å². The Bertz CT molecular complexity index is 879. The number of carbonyl (C=O) groups is 1. The number of esters is 1. The van der Waals surface area contributed by atoms with Crippen LogP contribution in [0.1, 0.15) is 55.9 Å². The Morgan fingerprint density at radius 2 is 1.84 bits per heavy atom. The third-order valence-electron chi connectivity index (χ3n) is 6.31. The lowest BCUT2D eigenvalue weighted by Crippen LogP contribution is -2.51. The van der Waals surface area contributed by atoms with Gasteiger partial charge < -0.3 is 4.74 Å². The molecule has 0 amide bonds. The highest BCUT2D eigenvalue weighted by Crippen LogP contribution is 2.58. The van der Waals surface area contributed by atoms with Gasteiger partial charge in [0.25, 0.3) is 5.78 Å². The molecule has 4 fully saturated rings. The molecule has 8 heteroatoms. The smallest absolute Gasteiger partial charge is 0.364 e. The standard InChI is InChI=1S/C17H21N5O3/c1-2-25-15(24)13-14(23)22-16(20-19-13)21(9-18-22)17-6-10-3-11(7-17)5-12(4-10)8-17/h9-12H,2-8H2,1H3. The maximum Gasteiger partial charge on any atom is 0.364 e. The van der Waals surface area contributed by atoms with Crippen molar-refractivity contribution in [3.8, 4) is 0 Å². The summed E-state index contributed by atoms with van der Waals surface area (Å²) in [4.78, 5) is 24.4. The summed E-state index contributed by atoms with van der Waals surface area (Å²) in [7, 11) is 0. The van der Waals surface area contributed by atoms with E-state index in [1.54, 1.807) is 13.3 Å². The van der Waals surface area contributed by atoms with Crippen LogP contribution in [0.3, 0.4) is 0 Å². The van der Waals surface area contributed by atoms with Gasteiger partial charge in [0.15, 0.2) is 0 Å². The molecule has 132 valence electrons. The lowest BCUT2D eigenvalue weighted by atomic mass is 9.53. The fraction of sp³-hybridized carbons (Fsp3) is 0.706. The normalized spacial score (nSPS) is 33.1. The predicted octanol–water partition coefficient (Wildman–Crippen LogP) is 1.39. The first-order valence-electron chi connectivity index (χ1n) is 9.10. The summed E-state index contributed by atoms with van der Waals surface area (Å²) in [5.41, 5.74) is -0.870. The molecule has 0 atom stereocenters. The van der Waals surface area contributed by atoms with Gasteiger partial charge in [-0.25, -0.2) is 4.79 Å². The monoisotopic (exact) mass is 343 g/mol. The fourth-order valence-corrected chi connectivity index (χ4v) is 5.80. The molecule has 0 saturated heterocycles. The molecule has 4 saturated carbocycles. The minimum atomic E-state index is -0.751. The van der Waals surface area contributed by atoms with Crippen LogP contribution < -0.4 is 5.56 Å². The van der Waals surface area contributed by atoms with E-state index in [1.165, 1.54) is 23.8 Å². The van der Waals surface area contributed by atoms with E-state index >= 15 is 0 Å². The van der Waals surface area contributed by atoms with Crippen molar-refractivity contribution in [3.63, 3.8) is 0 Å². The molecule has 4 aliphatic carbocycles. The van der Waals surface area contributed by atoms with E-state index in [0.717, 1.165) is 37.0 Å². The van der Waals surface area contributed by atoms with Gasteiger partial charge in [-0.3, -0.25) is 9.36 Å². The number of ether oxygens (including phenoxy) is 1. The van der Waals surface area contributed by atoms with E-state index < -0.39 is 11.5 Å². The van der Waals surface area contributed by atoms with Crippen LogP contribution in [0.5, 0.6) is 0 Å². The molecule has 0 aliphatic heterocycles. The molecule has 2 aromatic rings. The molecule has 4 bridgehead atoms. The Hall–Kier alpha value is -2.25. The third-order valence-corrected chi connectivity index (χ3v) is 6.31. The Labute approximate surface area is 144 Å². The summed E-state index contributed by atoms with van der Waals surface area (Å²) in [6, 6.07) is 0. The average Bonchev–Trinajstić information content (AvgIpc) is 3.00. The quantitative estimate of drug-likeness (QED) is 0.782. The highest BCUT2D eigenvalue weighted by Gasteiger charge is 2.52. The molecule has 0 N–H and O–H groups in total. The number of aromatic nitrogens is 5. The van der Waals surface area contributed by atoms with Crippen LogP contribution in [-0.2, 0) is 10.3 Å². The minimum absolute atomic E-state index is 0.00304. The van der Waals surface area contributed by atoms with Gasteiger partial charge in [-0.05, 0) is 63.2 Å². The predicted molar refractivity (Wildman–Crippen MR) is 87.1 cm³/mol. The molecule has 8 nitrogen and oxygen atoms in total. The Kier molecular flexibility index (Phi) is 3.08. The van der Waals surface area contributed by atoms with Gasteiger partial charge in [0, 0.05) is 5.54 Å². The molecule has 4 aliphatic rings. The second-order valence-corrected chi connectivity index (χ2v) is 7.93. The van der Waals surface area contributed by atoms with Gasteiger partial charge in [-0.1, -0.05) is 0 Å². The van der Waals surface area contributed by atoms with Crippen LogP contribution in [0.15, 0.2) is 11.1 Å². The highest BCUT2D eigenvalue weighted by molar-refractivity contribution is 5.86. The minimum Gasteiger partial charge on any atom is -0.461 e. The van der Waals surface area contributed by atoms with E-state index in [2.05, 4.69) is 19.9 Å². The van der Waals surface area contributed by atoms with Crippen molar-refractivity contribution in [2.24, 2.45) is 17.8 Å². The number of hydrogen-bond donors (Lipinski definition) is 0. The van der Waals surface area contributed by atoms with Crippen LogP contribution in [0.4, 0.5) is 0 Å². The summed E-state index contributed by atoms with van der Waals surface area (Å²) in [5.74, 6) is 1.99. The van der Waals surface area contributed by atoms with E-state index in [9.17, 15) is 9.59 Å². The van der Waals surface area contributed by atoms with E-state index in [4.69, 9.17) is 4.74 Å². The average molecular weight is 343 g/mol. The zero-order chi connectivity index (χ0) is 17.2. The highest BCUT2D eigenvalue weighted by atomic mass is 16.5. The van der Waals surface area contributed by atoms with Crippen LogP contribution in [0.2, 0.25) is 0 Å². The lowest BCUT2D eigenvalue weighted by Gasteiger charge is -2.56. The molecule has 25 heavy (non-hydrogen) atoms. The molecule has 2 heterocycles. The first-order valence-corrected chi connectivity index (χ1v) is 9.10. The van der Waals surface area contributed by atoms with E-state index in [-0.39, 0.29) is 17.8 Å². The second kappa shape index (κ2) is 5.12. The van der Waals surface area contributed by atoms with Crippen molar-refractivity contribution < 1.29 is 9.53 Å². The Balaban J connectivity index is 1.61. The lowest BCUT2D eigenvalue weighted by molar-refractivity contribution is -0.0414. The van der Waals surface area contributed by atoms with Gasteiger partial charge in [0.1, 0.15) is 6.33 Å². The third kappa shape index (κ3) is 2.09. The summed E-state index contributed by atoms with van der Waals surface area (Å²) in [5, 5.41) is 12.3. The second-order valence-electron chi connectivity index (χ2n) is 7.93. The van der Waals surface area contributed by atoms with Crippen molar-refractivity contribution in [3.05, 3.63) is 22.4 Å². The van der Waals surface area contributed by atoms with E-state index in [1.807, 2.05) is 0 Å². The first-order chi connectivity index (χ1) is 12.1. The largest absolute Gasteiger partial charge is 0.461 e. The van der Waals surface area contributed by atoms with Crippen molar-refractivity contribution in [2.45, 2.75) is 51.0 Å². The van der Waals surface area contributed by atoms with Gasteiger partial charge in [-0.15, -0.1) is 10.2 Å². The van der Waals surface area contributed by atoms with Gasteiger partial charge in [-0.2, -0.15) is 9.61 Å². The molecule has 0 spiro atoms. The molecule has 0 aromatic carbocycles. The molecule has 2 aromatic heterocycles. The van der Waals surface area contributed by atoms with E-state index in [0.29, 0.717) is 5.78 Å². The van der Waals surface area contributed by atoms with Crippen LogP contribution in [-0.4, -0.2) is 37.0 Å². The molecule has 0 unspecified atom stereocenters. The Morgan fingerprint density at radius 3 is 2.44 bits per heavy atom. The van der Waals surface area contributed by atoms with Crippen LogP contribution in [0, 0.1) is 17.8 Å². The summed E-state index contributed by atoms with van der Waals surface area (Å²) in [6.07, 6.45) is 9.09. The summed E-state index contributed by atoms with van der Waals surface area (Å²) in [6.45, 7) is 1.87. The maximum atomic E-state index is 12.6. The molecule has 0 radical (unpaired) electrons. The van der Waals surface area contributed by atoms with Crippen molar-refractivity contribution in [1.82, 2.24) is 24.4 Å². The first kappa shape index (κ1) is 15.0. The summed E-state index contributed by atoms with van der Waals surface area (Å²) >= 11 is 0. The van der Waals surface area contributed by atoms with Gasteiger partial charge >= 0.3 is 11.5 Å². The van der Waals surface area contributed by atoms with Crippen LogP contribution in [0.25, 0.3) is 5.78 Å². The molecular weight excluding hydrogens is 322 g/mol. The van der Waals surface area contributed by atoms with Crippen molar-refractivity contribution in [1.29, 1.82) is 0 Å². The zero-order valence-corrected chi connectivity index (χ0v) is 14.2. The number of carbonyl (C=O) groups excluding carboxylic acids is 1. The maximum absolute atomic E-state index is 12.6. The molecular formula is C17H21N5O3. The fourth-order valence-electron chi connectivity index (χ4n) is 5.80. The van der Waals surface area contributed by atoms with Gasteiger partial charge in [0.2, 0.25) is 5.69 Å². The number of nitrogens with zero attached hydrogens (tertiary/aromatic N) is 5.